The minimum atomic E-state index is -2.65. The second kappa shape index (κ2) is 4.34. The van der Waals surface area contributed by atoms with Gasteiger partial charge in [-0.3, -0.25) is 0 Å². The predicted octanol–water partition coefficient (Wildman–Crippen LogP) is 0.179. The van der Waals surface area contributed by atoms with Crippen LogP contribution in [0.1, 0.15) is 0 Å². The molecule has 9 heavy (non-hydrogen) atoms. The molecule has 0 aliphatic heterocycles. The molecule has 0 aromatic carbocycles. The minimum absolute atomic E-state index is 0.309. The summed E-state index contributed by atoms with van der Waals surface area (Å²) >= 11 is 3.83. The van der Waals surface area contributed by atoms with Crippen molar-refractivity contribution in [1.82, 2.24) is 0 Å². The normalized spacial score (nSPS) is 11.9. The summed E-state index contributed by atoms with van der Waals surface area (Å²) < 4.78 is 11.0. The second-order valence-corrected chi connectivity index (χ2v) is 5.36. The summed E-state index contributed by atoms with van der Waals surface area (Å²) in [5.41, 5.74) is 0. The number of thiol groups is 1. The van der Waals surface area contributed by atoms with Gasteiger partial charge in [-0.25, -0.2) is 0 Å². The van der Waals surface area contributed by atoms with Crippen LogP contribution in [0, 0.1) is 0 Å². The van der Waals surface area contributed by atoms with Gasteiger partial charge in [0, 0.05) is 6.16 Å². The van der Waals surface area contributed by atoms with Gasteiger partial charge in [0.1, 0.15) is 7.14 Å². The fourth-order valence-corrected chi connectivity index (χ4v) is 2.20. The van der Waals surface area contributed by atoms with Crippen molar-refractivity contribution in [2.24, 2.45) is 0 Å². The van der Waals surface area contributed by atoms with Gasteiger partial charge in [-0.1, -0.05) is 0 Å². The molecule has 0 atom stereocenters. The monoisotopic (exact) mass is 170 g/mol. The molecule has 0 aliphatic carbocycles. The average molecular weight is 170 g/mol. The Hall–Kier alpha value is 0.500. The number of rotatable bonds is 4. The summed E-state index contributed by atoms with van der Waals surface area (Å²) in [6.45, 7) is 0. The molecule has 0 amide bonds. The van der Waals surface area contributed by atoms with Gasteiger partial charge in [-0.15, -0.1) is 0 Å². The average Bonchev–Trinajstić information content (AvgIpc) is 1.89. The molecule has 2 N–H and O–H groups in total. The lowest BCUT2D eigenvalue weighted by molar-refractivity contribution is 0.325. The standard InChI is InChI=1S/C4H11O3PS/c5-3-8(7,4-6)1-2-9/h5-6,9H,1-4H2. The SMILES string of the molecule is O=P(CO)(CO)CCS. The van der Waals surface area contributed by atoms with E-state index in [1.165, 1.54) is 0 Å². The van der Waals surface area contributed by atoms with Crippen LogP contribution < -0.4 is 0 Å². The van der Waals surface area contributed by atoms with E-state index in [1.807, 2.05) is 0 Å². The van der Waals surface area contributed by atoms with Crippen molar-refractivity contribution in [3.05, 3.63) is 0 Å². The fourth-order valence-electron chi connectivity index (χ4n) is 0.368. The molecule has 0 rings (SSSR count). The lowest BCUT2D eigenvalue weighted by Crippen LogP contribution is -1.99. The van der Waals surface area contributed by atoms with E-state index < -0.39 is 19.8 Å². The quantitative estimate of drug-likeness (QED) is 0.416. The maximum atomic E-state index is 11.0. The van der Waals surface area contributed by atoms with E-state index in [0.29, 0.717) is 11.9 Å². The molecule has 0 radical (unpaired) electrons. The van der Waals surface area contributed by atoms with Crippen LogP contribution in [0.25, 0.3) is 0 Å². The smallest absolute Gasteiger partial charge is 0.137 e. The Bertz CT molecular complexity index is 108. The maximum Gasteiger partial charge on any atom is 0.137 e. The van der Waals surface area contributed by atoms with Gasteiger partial charge < -0.3 is 14.8 Å². The number of hydrogen-bond donors (Lipinski definition) is 3. The van der Waals surface area contributed by atoms with Crippen LogP contribution in [0.3, 0.4) is 0 Å². The molecule has 0 aliphatic rings. The van der Waals surface area contributed by atoms with Gasteiger partial charge in [0.2, 0.25) is 0 Å². The Kier molecular flexibility index (Phi) is 4.58. The van der Waals surface area contributed by atoms with Gasteiger partial charge in [-0.05, 0) is 5.75 Å². The van der Waals surface area contributed by atoms with Crippen LogP contribution in [0.15, 0.2) is 0 Å². The van der Waals surface area contributed by atoms with E-state index in [0.717, 1.165) is 0 Å². The molecule has 5 heteroatoms. The molecule has 0 spiro atoms. The first kappa shape index (κ1) is 9.50. The molecule has 0 saturated carbocycles. The van der Waals surface area contributed by atoms with Gasteiger partial charge in [0.05, 0.1) is 12.7 Å². The van der Waals surface area contributed by atoms with Gasteiger partial charge >= 0.3 is 0 Å². The third-order valence-corrected chi connectivity index (χ3v) is 3.67. The highest BCUT2D eigenvalue weighted by molar-refractivity contribution is 7.81. The van der Waals surface area contributed by atoms with E-state index in [4.69, 9.17) is 10.2 Å². The van der Waals surface area contributed by atoms with E-state index in [1.54, 1.807) is 0 Å². The zero-order valence-corrected chi connectivity index (χ0v) is 6.81. The summed E-state index contributed by atoms with van der Waals surface area (Å²) in [6, 6.07) is 0. The summed E-state index contributed by atoms with van der Waals surface area (Å²) in [6.07, 6.45) is -0.517. The summed E-state index contributed by atoms with van der Waals surface area (Å²) in [5.74, 6) is 0.443. The first-order valence-corrected chi connectivity index (χ1v) is 5.47. The van der Waals surface area contributed by atoms with Crippen molar-refractivity contribution in [2.45, 2.75) is 0 Å². The molecule has 0 saturated heterocycles. The first-order valence-electron chi connectivity index (χ1n) is 2.58. The van der Waals surface area contributed by atoms with Crippen LogP contribution in [-0.2, 0) is 4.57 Å². The molecular weight excluding hydrogens is 159 g/mol. The fraction of sp³-hybridized carbons (Fsp3) is 1.00. The highest BCUT2D eigenvalue weighted by Crippen LogP contribution is 2.42. The maximum absolute atomic E-state index is 11.0. The van der Waals surface area contributed by atoms with Gasteiger partial charge in [-0.2, -0.15) is 12.6 Å². The zero-order valence-electron chi connectivity index (χ0n) is 5.03. The Balaban J connectivity index is 3.78. The second-order valence-electron chi connectivity index (χ2n) is 1.79. The summed E-state index contributed by atoms with van der Waals surface area (Å²) in [5, 5.41) is 16.9. The van der Waals surface area contributed by atoms with Crippen molar-refractivity contribution in [3.8, 4) is 0 Å². The minimum Gasteiger partial charge on any atom is -0.389 e. The number of aliphatic hydroxyl groups excluding tert-OH is 2. The lowest BCUT2D eigenvalue weighted by atomic mass is 11.0. The largest absolute Gasteiger partial charge is 0.389 e. The van der Waals surface area contributed by atoms with Crippen LogP contribution >= 0.6 is 19.8 Å². The molecule has 3 nitrogen and oxygen atoms in total. The van der Waals surface area contributed by atoms with Crippen LogP contribution in [-0.4, -0.2) is 34.8 Å². The molecule has 56 valence electrons. The first-order chi connectivity index (χ1) is 4.18. The van der Waals surface area contributed by atoms with E-state index in [-0.39, 0.29) is 0 Å². The van der Waals surface area contributed by atoms with Crippen molar-refractivity contribution < 1.29 is 14.8 Å². The Morgan fingerprint density at radius 3 is 1.89 bits per heavy atom. The molecule has 0 heterocycles. The molecular formula is C4H11O3PS. The van der Waals surface area contributed by atoms with Gasteiger partial charge in [0.25, 0.3) is 0 Å². The molecule has 0 unspecified atom stereocenters. The molecule has 0 aromatic heterocycles. The Morgan fingerprint density at radius 2 is 1.78 bits per heavy atom. The van der Waals surface area contributed by atoms with Crippen LogP contribution in [0.5, 0.6) is 0 Å². The van der Waals surface area contributed by atoms with Crippen molar-refractivity contribution in [3.63, 3.8) is 0 Å². The zero-order chi connectivity index (χ0) is 7.33. The van der Waals surface area contributed by atoms with E-state index in [2.05, 4.69) is 12.6 Å². The highest BCUT2D eigenvalue weighted by atomic mass is 32.1. The van der Waals surface area contributed by atoms with Crippen molar-refractivity contribution in [2.75, 3.05) is 24.6 Å². The van der Waals surface area contributed by atoms with E-state index in [9.17, 15) is 4.57 Å². The van der Waals surface area contributed by atoms with E-state index >= 15 is 0 Å². The predicted molar refractivity (Wildman–Crippen MR) is 40.5 cm³/mol. The number of aliphatic hydroxyl groups is 2. The molecule has 0 fully saturated rings. The van der Waals surface area contributed by atoms with Crippen LogP contribution in [0.4, 0.5) is 0 Å². The van der Waals surface area contributed by atoms with Crippen LogP contribution in [0.2, 0.25) is 0 Å². The molecule has 0 aromatic rings. The lowest BCUT2D eigenvalue weighted by Gasteiger charge is -2.08. The van der Waals surface area contributed by atoms with Gasteiger partial charge in [0.15, 0.2) is 0 Å². The summed E-state index contributed by atoms with van der Waals surface area (Å²) in [4.78, 5) is 0. The Labute approximate surface area is 59.9 Å². The third kappa shape index (κ3) is 3.26. The Morgan fingerprint density at radius 1 is 1.33 bits per heavy atom. The van der Waals surface area contributed by atoms with Crippen molar-refractivity contribution in [1.29, 1.82) is 0 Å². The number of hydrogen-bond acceptors (Lipinski definition) is 4. The summed E-state index contributed by atoms with van der Waals surface area (Å²) in [7, 11) is -2.65. The third-order valence-electron chi connectivity index (χ3n) is 1.02. The topological polar surface area (TPSA) is 57.5 Å². The van der Waals surface area contributed by atoms with Crippen molar-refractivity contribution >= 4 is 19.8 Å². The molecule has 0 bridgehead atoms. The highest BCUT2D eigenvalue weighted by Gasteiger charge is 2.17.